The summed E-state index contributed by atoms with van der Waals surface area (Å²) in [5.41, 5.74) is 1.98. The molecule has 3 rings (SSSR count). The van der Waals surface area contributed by atoms with Crippen molar-refractivity contribution < 1.29 is 4.39 Å². The van der Waals surface area contributed by atoms with Gasteiger partial charge in [0.15, 0.2) is 0 Å². The van der Waals surface area contributed by atoms with Gasteiger partial charge < -0.3 is 5.32 Å². The number of halogens is 2. The molecule has 0 heterocycles. The van der Waals surface area contributed by atoms with Crippen LogP contribution < -0.4 is 5.32 Å². The predicted molar refractivity (Wildman–Crippen MR) is 87.0 cm³/mol. The van der Waals surface area contributed by atoms with Gasteiger partial charge in [-0.25, -0.2) is 4.39 Å². The van der Waals surface area contributed by atoms with E-state index in [1.165, 1.54) is 56.6 Å². The van der Waals surface area contributed by atoms with E-state index in [9.17, 15) is 4.39 Å². The fourth-order valence-corrected chi connectivity index (χ4v) is 3.34. The Kier molecular flexibility index (Phi) is 4.97. The average molecular weight is 308 g/mol. The number of rotatable bonds is 5. The minimum Gasteiger partial charge on any atom is -0.310 e. The van der Waals surface area contributed by atoms with Crippen molar-refractivity contribution in [3.63, 3.8) is 0 Å². The zero-order valence-corrected chi connectivity index (χ0v) is 13.1. The summed E-state index contributed by atoms with van der Waals surface area (Å²) in [4.78, 5) is 0. The second-order valence-electron chi connectivity index (χ2n) is 6.38. The summed E-state index contributed by atoms with van der Waals surface area (Å²) in [6.45, 7) is 0.890. The molecule has 1 nitrogen and oxygen atoms in total. The molecule has 21 heavy (non-hydrogen) atoms. The van der Waals surface area contributed by atoms with Crippen LogP contribution in [0.2, 0.25) is 5.02 Å². The molecule has 0 radical (unpaired) electrons. The smallest absolute Gasteiger partial charge is 0.130 e. The van der Waals surface area contributed by atoms with E-state index in [0.717, 1.165) is 6.54 Å². The van der Waals surface area contributed by atoms with Crippen LogP contribution in [0, 0.1) is 11.7 Å². The van der Waals surface area contributed by atoms with Gasteiger partial charge in [-0.15, -0.1) is 0 Å². The lowest BCUT2D eigenvalue weighted by molar-refractivity contribution is 0.396. The second kappa shape index (κ2) is 6.93. The molecule has 0 atom stereocenters. The van der Waals surface area contributed by atoms with Crippen LogP contribution in [0.4, 0.5) is 4.39 Å². The topological polar surface area (TPSA) is 12.0 Å². The molecule has 0 amide bonds. The summed E-state index contributed by atoms with van der Waals surface area (Å²) in [6.07, 6.45) is 11.0. The Morgan fingerprint density at radius 1 is 1.19 bits per heavy atom. The predicted octanol–water partition coefficient (Wildman–Crippen LogP) is 5.19. The third-order valence-electron chi connectivity index (χ3n) is 4.60. The molecule has 114 valence electrons. The molecular formula is C18H23ClFN. The van der Waals surface area contributed by atoms with E-state index in [0.29, 0.717) is 22.5 Å². The highest BCUT2D eigenvalue weighted by molar-refractivity contribution is 6.30. The van der Waals surface area contributed by atoms with Crippen molar-refractivity contribution in [1.82, 2.24) is 5.32 Å². The maximum absolute atomic E-state index is 14.0. The van der Waals surface area contributed by atoms with Crippen molar-refractivity contribution in [2.45, 2.75) is 51.0 Å². The molecule has 0 bridgehead atoms. The van der Waals surface area contributed by atoms with Gasteiger partial charge in [-0.05, 0) is 49.8 Å². The Balaban J connectivity index is 1.80. The quantitative estimate of drug-likeness (QED) is 0.789. The SMILES string of the molecule is Fc1ccc(Cl)cc1/C=C(/CNC1CC1)C1CCCCC1. The molecule has 1 aromatic carbocycles. The fraction of sp³-hybridized carbons (Fsp3) is 0.556. The Morgan fingerprint density at radius 3 is 2.67 bits per heavy atom. The molecule has 0 saturated heterocycles. The summed E-state index contributed by atoms with van der Waals surface area (Å²) in [5, 5.41) is 4.18. The molecule has 0 aromatic heterocycles. The van der Waals surface area contributed by atoms with Crippen LogP contribution in [0.3, 0.4) is 0 Å². The second-order valence-corrected chi connectivity index (χ2v) is 6.81. The van der Waals surface area contributed by atoms with Gasteiger partial charge in [0.25, 0.3) is 0 Å². The highest BCUT2D eigenvalue weighted by Gasteiger charge is 2.23. The molecule has 1 N–H and O–H groups in total. The van der Waals surface area contributed by atoms with Crippen LogP contribution in [0.25, 0.3) is 6.08 Å². The first-order chi connectivity index (χ1) is 10.2. The first-order valence-electron chi connectivity index (χ1n) is 8.11. The van der Waals surface area contributed by atoms with Gasteiger partial charge in [0.2, 0.25) is 0 Å². The Labute approximate surface area is 131 Å². The lowest BCUT2D eigenvalue weighted by atomic mass is 9.83. The van der Waals surface area contributed by atoms with Crippen molar-refractivity contribution in [2.75, 3.05) is 6.54 Å². The Morgan fingerprint density at radius 2 is 1.95 bits per heavy atom. The van der Waals surface area contributed by atoms with Crippen LogP contribution in [0.5, 0.6) is 0 Å². The summed E-state index contributed by atoms with van der Waals surface area (Å²) in [5.74, 6) is 0.419. The maximum atomic E-state index is 14.0. The van der Waals surface area contributed by atoms with Crippen LogP contribution >= 0.6 is 11.6 Å². The fourth-order valence-electron chi connectivity index (χ4n) is 3.16. The van der Waals surface area contributed by atoms with Gasteiger partial charge in [0.1, 0.15) is 5.82 Å². The van der Waals surface area contributed by atoms with E-state index in [1.807, 2.05) is 6.08 Å². The van der Waals surface area contributed by atoms with Gasteiger partial charge in [-0.1, -0.05) is 42.5 Å². The number of benzene rings is 1. The molecule has 2 fully saturated rings. The Hall–Kier alpha value is -0.860. The third-order valence-corrected chi connectivity index (χ3v) is 4.84. The zero-order chi connectivity index (χ0) is 14.7. The van der Waals surface area contributed by atoms with Crippen LogP contribution in [-0.4, -0.2) is 12.6 Å². The molecule has 2 aliphatic rings. The first-order valence-corrected chi connectivity index (χ1v) is 8.49. The van der Waals surface area contributed by atoms with Crippen molar-refractivity contribution in [3.05, 3.63) is 40.2 Å². The molecule has 0 unspecified atom stereocenters. The van der Waals surface area contributed by atoms with Crippen molar-refractivity contribution in [2.24, 2.45) is 5.92 Å². The minimum atomic E-state index is -0.181. The van der Waals surface area contributed by atoms with Gasteiger partial charge in [-0.2, -0.15) is 0 Å². The monoisotopic (exact) mass is 307 g/mol. The summed E-state index contributed by atoms with van der Waals surface area (Å²) >= 11 is 6.01. The summed E-state index contributed by atoms with van der Waals surface area (Å²) in [6, 6.07) is 5.48. The van der Waals surface area contributed by atoms with Crippen LogP contribution in [0.15, 0.2) is 23.8 Å². The normalized spacial score (nSPS) is 20.8. The molecule has 0 spiro atoms. The molecule has 0 aliphatic heterocycles. The zero-order valence-electron chi connectivity index (χ0n) is 12.4. The van der Waals surface area contributed by atoms with Crippen molar-refractivity contribution >= 4 is 17.7 Å². The van der Waals surface area contributed by atoms with Crippen molar-refractivity contribution in [1.29, 1.82) is 0 Å². The lowest BCUT2D eigenvalue weighted by Crippen LogP contribution is -2.24. The molecule has 2 aliphatic carbocycles. The molecule has 2 saturated carbocycles. The Bertz CT molecular complexity index is 516. The van der Waals surface area contributed by atoms with Gasteiger partial charge in [0, 0.05) is 23.2 Å². The largest absolute Gasteiger partial charge is 0.310 e. The number of nitrogens with one attached hydrogen (secondary N) is 1. The third kappa shape index (κ3) is 4.31. The minimum absolute atomic E-state index is 0.181. The lowest BCUT2D eigenvalue weighted by Gasteiger charge is -2.25. The van der Waals surface area contributed by atoms with Gasteiger partial charge in [-0.3, -0.25) is 0 Å². The van der Waals surface area contributed by atoms with E-state index >= 15 is 0 Å². The molecule has 3 heteroatoms. The molecular weight excluding hydrogens is 285 g/mol. The van der Waals surface area contributed by atoms with E-state index in [2.05, 4.69) is 5.32 Å². The summed E-state index contributed by atoms with van der Waals surface area (Å²) in [7, 11) is 0. The molecule has 1 aromatic rings. The average Bonchev–Trinajstić information content (AvgIpc) is 3.32. The van der Waals surface area contributed by atoms with E-state index in [4.69, 9.17) is 11.6 Å². The maximum Gasteiger partial charge on any atom is 0.130 e. The van der Waals surface area contributed by atoms with Gasteiger partial charge in [0.05, 0.1) is 0 Å². The van der Waals surface area contributed by atoms with E-state index in [-0.39, 0.29) is 5.82 Å². The van der Waals surface area contributed by atoms with Crippen LogP contribution in [-0.2, 0) is 0 Å². The number of hydrogen-bond donors (Lipinski definition) is 1. The van der Waals surface area contributed by atoms with Crippen molar-refractivity contribution in [3.8, 4) is 0 Å². The highest BCUT2D eigenvalue weighted by Crippen LogP contribution is 2.32. The van der Waals surface area contributed by atoms with Gasteiger partial charge >= 0.3 is 0 Å². The standard InChI is InChI=1S/C18H23ClFN/c19-16-6-9-18(20)14(11-16)10-15(12-21-17-7-8-17)13-4-2-1-3-5-13/h6,9-11,13,17,21H,1-5,7-8,12H2/b15-10-. The first kappa shape index (κ1) is 15.1. The summed E-state index contributed by atoms with van der Waals surface area (Å²) < 4.78 is 14.0. The number of hydrogen-bond acceptors (Lipinski definition) is 1. The highest BCUT2D eigenvalue weighted by atomic mass is 35.5. The van der Waals surface area contributed by atoms with E-state index < -0.39 is 0 Å². The van der Waals surface area contributed by atoms with E-state index in [1.54, 1.807) is 12.1 Å². The van der Waals surface area contributed by atoms with Crippen LogP contribution in [0.1, 0.15) is 50.5 Å².